The summed E-state index contributed by atoms with van der Waals surface area (Å²) in [6, 6.07) is 16.4. The number of hydrogen-bond donors (Lipinski definition) is 0. The van der Waals surface area contributed by atoms with E-state index in [-0.39, 0.29) is 24.6 Å². The van der Waals surface area contributed by atoms with E-state index in [9.17, 15) is 9.59 Å². The highest BCUT2D eigenvalue weighted by Gasteiger charge is 2.50. The molecule has 3 amide bonds. The van der Waals surface area contributed by atoms with Crippen LogP contribution in [0.2, 0.25) is 0 Å². The van der Waals surface area contributed by atoms with Gasteiger partial charge in [0.25, 0.3) is 0 Å². The molecule has 0 bridgehead atoms. The van der Waals surface area contributed by atoms with Crippen LogP contribution in [-0.4, -0.2) is 48.5 Å². The summed E-state index contributed by atoms with van der Waals surface area (Å²) in [6.07, 6.45) is 2.76. The summed E-state index contributed by atoms with van der Waals surface area (Å²) in [5.74, 6) is 0.482. The lowest BCUT2D eigenvalue weighted by Crippen LogP contribution is -2.47. The van der Waals surface area contributed by atoms with Crippen molar-refractivity contribution in [2.75, 3.05) is 20.7 Å². The fraction of sp³-hybridized carbons (Fsp3) is 0.320. The molecule has 6 nitrogen and oxygen atoms in total. The molecule has 0 radical (unpaired) electrons. The number of amides is 3. The number of ether oxygens (including phenoxy) is 1. The molecule has 160 valence electrons. The molecular weight excluding hydrogens is 390 g/mol. The van der Waals surface area contributed by atoms with Crippen LogP contribution in [0, 0.1) is 16.7 Å². The number of nitriles is 1. The first-order valence-corrected chi connectivity index (χ1v) is 10.2. The van der Waals surface area contributed by atoms with Gasteiger partial charge in [-0.05, 0) is 48.2 Å². The van der Waals surface area contributed by atoms with Crippen LogP contribution >= 0.6 is 0 Å². The van der Waals surface area contributed by atoms with Crippen LogP contribution in [-0.2, 0) is 4.79 Å². The average Bonchev–Trinajstić information content (AvgIpc) is 3.02. The number of allylic oxidation sites excluding steroid dienone is 1. The minimum atomic E-state index is -0.652. The van der Waals surface area contributed by atoms with Crippen LogP contribution in [0.25, 0.3) is 11.1 Å². The Morgan fingerprint density at radius 2 is 1.81 bits per heavy atom. The number of benzene rings is 2. The number of hydrogen-bond acceptors (Lipinski definition) is 4. The van der Waals surface area contributed by atoms with Crippen molar-refractivity contribution < 1.29 is 14.3 Å². The number of rotatable bonds is 6. The van der Waals surface area contributed by atoms with Crippen molar-refractivity contribution in [3.05, 3.63) is 66.7 Å². The Hall–Kier alpha value is -3.59. The highest BCUT2D eigenvalue weighted by atomic mass is 16.5. The molecule has 2 atom stereocenters. The van der Waals surface area contributed by atoms with E-state index in [2.05, 4.69) is 12.6 Å². The van der Waals surface area contributed by atoms with E-state index < -0.39 is 5.41 Å². The zero-order chi connectivity index (χ0) is 22.6. The van der Waals surface area contributed by atoms with E-state index in [1.807, 2.05) is 43.3 Å². The summed E-state index contributed by atoms with van der Waals surface area (Å²) in [6.45, 7) is 5.86. The molecule has 0 unspecified atom stereocenters. The largest absolute Gasteiger partial charge is 0.491 e. The Morgan fingerprint density at radius 1 is 1.23 bits per heavy atom. The quantitative estimate of drug-likeness (QED) is 0.650. The van der Waals surface area contributed by atoms with E-state index in [0.717, 1.165) is 11.1 Å². The zero-order valence-electron chi connectivity index (χ0n) is 18.2. The van der Waals surface area contributed by atoms with Crippen molar-refractivity contribution in [1.29, 1.82) is 5.26 Å². The molecule has 0 spiro atoms. The van der Waals surface area contributed by atoms with Crippen LogP contribution in [0.5, 0.6) is 5.75 Å². The zero-order valence-corrected chi connectivity index (χ0v) is 18.2. The third-order valence-corrected chi connectivity index (χ3v) is 5.61. The van der Waals surface area contributed by atoms with Gasteiger partial charge in [-0.25, -0.2) is 4.79 Å². The summed E-state index contributed by atoms with van der Waals surface area (Å²) in [5.41, 5.74) is 1.99. The van der Waals surface area contributed by atoms with Crippen molar-refractivity contribution >= 4 is 11.9 Å². The van der Waals surface area contributed by atoms with Crippen molar-refractivity contribution in [1.82, 2.24) is 9.80 Å². The molecule has 0 saturated carbocycles. The van der Waals surface area contributed by atoms with Gasteiger partial charge < -0.3 is 9.64 Å². The molecule has 3 rings (SSSR count). The topological polar surface area (TPSA) is 73.6 Å². The molecule has 0 N–H and O–H groups in total. The van der Waals surface area contributed by atoms with E-state index in [1.165, 1.54) is 9.80 Å². The minimum Gasteiger partial charge on any atom is -0.491 e. The molecule has 6 heteroatoms. The van der Waals surface area contributed by atoms with Crippen molar-refractivity contribution in [2.24, 2.45) is 5.41 Å². The highest BCUT2D eigenvalue weighted by Crippen LogP contribution is 2.40. The number of imide groups is 1. The second-order valence-corrected chi connectivity index (χ2v) is 8.29. The number of carbonyl (C=O) groups is 2. The predicted octanol–water partition coefficient (Wildman–Crippen LogP) is 4.47. The standard InChI is InChI=1S/C25H27N3O3/c1-5-14-25(2)15-21(28(23(25)29)24(30)27(3)4)17-31-22-12-10-20(11-13-22)19-8-6-18(16-26)7-9-19/h5-13,21H,1,14-15,17H2,2-4H3/t21-,25+/m0/s1. The summed E-state index contributed by atoms with van der Waals surface area (Å²) in [7, 11) is 3.27. The fourth-order valence-electron chi connectivity index (χ4n) is 3.91. The van der Waals surface area contributed by atoms with E-state index in [1.54, 1.807) is 32.3 Å². The predicted molar refractivity (Wildman–Crippen MR) is 119 cm³/mol. The minimum absolute atomic E-state index is 0.184. The number of carbonyl (C=O) groups excluding carboxylic acids is 2. The lowest BCUT2D eigenvalue weighted by molar-refractivity contribution is -0.133. The van der Waals surface area contributed by atoms with Gasteiger partial charge in [-0.1, -0.05) is 37.3 Å². The van der Waals surface area contributed by atoms with E-state index in [0.29, 0.717) is 24.2 Å². The van der Waals surface area contributed by atoms with Gasteiger partial charge in [0.15, 0.2) is 0 Å². The molecule has 0 aliphatic carbocycles. The second-order valence-electron chi connectivity index (χ2n) is 8.29. The Balaban J connectivity index is 1.72. The summed E-state index contributed by atoms with van der Waals surface area (Å²) >= 11 is 0. The maximum Gasteiger partial charge on any atom is 0.326 e. The highest BCUT2D eigenvalue weighted by molar-refractivity contribution is 5.99. The Labute approximate surface area is 183 Å². The average molecular weight is 418 g/mol. The van der Waals surface area contributed by atoms with Gasteiger partial charge >= 0.3 is 6.03 Å². The third kappa shape index (κ3) is 4.61. The monoisotopic (exact) mass is 417 g/mol. The van der Waals surface area contributed by atoms with Crippen LogP contribution in [0.1, 0.15) is 25.3 Å². The van der Waals surface area contributed by atoms with Gasteiger partial charge in [0, 0.05) is 14.1 Å². The molecule has 2 aromatic rings. The Morgan fingerprint density at radius 3 is 2.32 bits per heavy atom. The van der Waals surface area contributed by atoms with Gasteiger partial charge in [0.2, 0.25) is 5.91 Å². The Bertz CT molecular complexity index is 1010. The first-order chi connectivity index (χ1) is 14.8. The fourth-order valence-corrected chi connectivity index (χ4v) is 3.91. The van der Waals surface area contributed by atoms with E-state index >= 15 is 0 Å². The van der Waals surface area contributed by atoms with Crippen LogP contribution in [0.3, 0.4) is 0 Å². The van der Waals surface area contributed by atoms with Crippen LogP contribution in [0.15, 0.2) is 61.2 Å². The first kappa shape index (κ1) is 22.1. The summed E-state index contributed by atoms with van der Waals surface area (Å²) < 4.78 is 5.96. The third-order valence-electron chi connectivity index (χ3n) is 5.61. The van der Waals surface area contributed by atoms with Gasteiger partial charge in [-0.15, -0.1) is 6.58 Å². The first-order valence-electron chi connectivity index (χ1n) is 10.2. The van der Waals surface area contributed by atoms with E-state index in [4.69, 9.17) is 10.00 Å². The molecule has 31 heavy (non-hydrogen) atoms. The molecule has 0 aromatic heterocycles. The lowest BCUT2D eigenvalue weighted by Gasteiger charge is -2.26. The molecule has 1 heterocycles. The number of nitrogens with zero attached hydrogens (tertiary/aromatic N) is 3. The molecule has 2 aromatic carbocycles. The second kappa shape index (κ2) is 9.05. The van der Waals surface area contributed by atoms with Crippen LogP contribution < -0.4 is 4.74 Å². The van der Waals surface area contributed by atoms with Gasteiger partial charge in [0.05, 0.1) is 23.1 Å². The smallest absolute Gasteiger partial charge is 0.326 e. The number of urea groups is 1. The molecular formula is C25H27N3O3. The summed E-state index contributed by atoms with van der Waals surface area (Å²) in [4.78, 5) is 28.4. The maximum atomic E-state index is 13.0. The van der Waals surface area contributed by atoms with Crippen LogP contribution in [0.4, 0.5) is 4.79 Å². The van der Waals surface area contributed by atoms with Crippen molar-refractivity contribution in [2.45, 2.75) is 25.8 Å². The molecule has 1 saturated heterocycles. The van der Waals surface area contributed by atoms with Crippen molar-refractivity contribution in [3.8, 4) is 22.9 Å². The maximum absolute atomic E-state index is 13.0. The van der Waals surface area contributed by atoms with Crippen molar-refractivity contribution in [3.63, 3.8) is 0 Å². The van der Waals surface area contributed by atoms with Gasteiger partial charge in [-0.2, -0.15) is 5.26 Å². The van der Waals surface area contributed by atoms with Gasteiger partial charge in [0.1, 0.15) is 12.4 Å². The van der Waals surface area contributed by atoms with Gasteiger partial charge in [-0.3, -0.25) is 9.69 Å². The molecule has 1 fully saturated rings. The normalized spacial score (nSPS) is 20.3. The lowest BCUT2D eigenvalue weighted by atomic mass is 9.84. The molecule has 1 aliphatic rings. The summed E-state index contributed by atoms with van der Waals surface area (Å²) in [5, 5.41) is 8.93. The SMILES string of the molecule is C=CC[C@]1(C)C[C@@H](COc2ccc(-c3ccc(C#N)cc3)cc2)N(C(=O)N(C)C)C1=O. The number of likely N-dealkylation sites (tertiary alicyclic amines) is 1. The molecule has 1 aliphatic heterocycles. The Kier molecular flexibility index (Phi) is 6.45.